The molecule has 30 heavy (non-hydrogen) atoms. The average molecular weight is 423 g/mol. The van der Waals surface area contributed by atoms with Crippen LogP contribution in [0.25, 0.3) is 0 Å². The number of alkyl halides is 3. The van der Waals surface area contributed by atoms with Crippen molar-refractivity contribution in [2.45, 2.75) is 37.6 Å². The highest BCUT2D eigenvalue weighted by atomic mass is 19.4. The zero-order chi connectivity index (χ0) is 21.8. The average Bonchev–Trinajstić information content (AvgIpc) is 3.02. The topological polar surface area (TPSA) is 35.9 Å². The van der Waals surface area contributed by atoms with E-state index in [1.807, 2.05) is 0 Å². The number of nitrogens with zero attached hydrogens (tertiary/aromatic N) is 3. The fourth-order valence-corrected chi connectivity index (χ4v) is 4.23. The van der Waals surface area contributed by atoms with E-state index >= 15 is 0 Å². The highest BCUT2D eigenvalue weighted by Crippen LogP contribution is 2.43. The van der Waals surface area contributed by atoms with Gasteiger partial charge in [0, 0.05) is 29.8 Å². The van der Waals surface area contributed by atoms with E-state index in [9.17, 15) is 26.7 Å². The number of halogens is 5. The van der Waals surface area contributed by atoms with E-state index in [1.165, 1.54) is 23.2 Å². The van der Waals surface area contributed by atoms with Gasteiger partial charge in [0.15, 0.2) is 0 Å². The highest BCUT2D eigenvalue weighted by Gasteiger charge is 2.48. The lowest BCUT2D eigenvalue weighted by Crippen LogP contribution is -2.54. The number of fused-ring (bicyclic) bond motifs is 1. The number of hydrogen-bond acceptors (Lipinski definition) is 3. The first-order chi connectivity index (χ1) is 14.1. The molecule has 2 aliphatic heterocycles. The molecular formula is C21H18F5N3O. The molecule has 3 atom stereocenters. The molecule has 2 aromatic rings. The molecule has 4 nitrogen and oxygen atoms in total. The monoisotopic (exact) mass is 423 g/mol. The van der Waals surface area contributed by atoms with Crippen LogP contribution in [0.2, 0.25) is 0 Å². The Kier molecular flexibility index (Phi) is 4.88. The number of hydrazone groups is 1. The van der Waals surface area contributed by atoms with Gasteiger partial charge in [-0.3, -0.25) is 9.69 Å². The van der Waals surface area contributed by atoms with Crippen molar-refractivity contribution in [3.8, 4) is 0 Å². The number of amides is 1. The van der Waals surface area contributed by atoms with Gasteiger partial charge in [0.1, 0.15) is 17.8 Å². The van der Waals surface area contributed by atoms with Crippen molar-refractivity contribution < 1.29 is 26.7 Å². The third-order valence-electron chi connectivity index (χ3n) is 5.72. The van der Waals surface area contributed by atoms with Crippen LogP contribution >= 0.6 is 0 Å². The third-order valence-corrected chi connectivity index (χ3v) is 5.72. The second-order valence-electron chi connectivity index (χ2n) is 7.54. The Morgan fingerprint density at radius 2 is 1.73 bits per heavy atom. The Morgan fingerprint density at radius 3 is 2.33 bits per heavy atom. The predicted octanol–water partition coefficient (Wildman–Crippen LogP) is 4.69. The second kappa shape index (κ2) is 7.16. The van der Waals surface area contributed by atoms with Gasteiger partial charge in [0.2, 0.25) is 5.91 Å². The molecular weight excluding hydrogens is 405 g/mol. The van der Waals surface area contributed by atoms with Crippen LogP contribution in [0.1, 0.15) is 42.0 Å². The lowest BCUT2D eigenvalue weighted by atomic mass is 9.88. The first-order valence-corrected chi connectivity index (χ1v) is 9.29. The van der Waals surface area contributed by atoms with Gasteiger partial charge in [-0.15, -0.1) is 0 Å². The molecule has 2 aromatic carbocycles. The minimum Gasteiger partial charge on any atom is -0.276 e. The fraction of sp³-hybridized carbons (Fsp3) is 0.333. The largest absolute Gasteiger partial charge is 0.416 e. The fourth-order valence-electron chi connectivity index (χ4n) is 4.23. The Bertz CT molecular complexity index is 1020. The van der Waals surface area contributed by atoms with Crippen LogP contribution in [0.3, 0.4) is 0 Å². The minimum absolute atomic E-state index is 0.0216. The summed E-state index contributed by atoms with van der Waals surface area (Å²) in [6.45, 7) is 1.67. The molecule has 0 spiro atoms. The molecule has 0 N–H and O–H groups in total. The van der Waals surface area contributed by atoms with Gasteiger partial charge in [0.05, 0.1) is 11.5 Å². The Balaban J connectivity index is 1.70. The van der Waals surface area contributed by atoms with Crippen molar-refractivity contribution >= 4 is 11.6 Å². The van der Waals surface area contributed by atoms with Gasteiger partial charge < -0.3 is 0 Å². The van der Waals surface area contributed by atoms with Gasteiger partial charge in [-0.2, -0.15) is 18.3 Å². The molecule has 9 heteroatoms. The Labute approximate surface area is 169 Å². The van der Waals surface area contributed by atoms with Crippen LogP contribution in [0.5, 0.6) is 0 Å². The SMILES string of the molecule is CC1=NN2C(=O)CC(c3ccc(C(F)(F)F)cc3)N(C)C2C1c1ccc(F)cc1F. The maximum absolute atomic E-state index is 14.5. The second-order valence-corrected chi connectivity index (χ2v) is 7.54. The van der Waals surface area contributed by atoms with Gasteiger partial charge in [-0.1, -0.05) is 18.2 Å². The van der Waals surface area contributed by atoms with Crippen molar-refractivity contribution in [2.75, 3.05) is 7.05 Å². The van der Waals surface area contributed by atoms with Crippen LogP contribution in [-0.4, -0.2) is 34.7 Å². The zero-order valence-corrected chi connectivity index (χ0v) is 16.1. The number of rotatable bonds is 2. The van der Waals surface area contributed by atoms with Crippen LogP contribution < -0.4 is 0 Å². The predicted molar refractivity (Wildman–Crippen MR) is 99.4 cm³/mol. The summed E-state index contributed by atoms with van der Waals surface area (Å²) in [5.41, 5.74) is 0.474. The summed E-state index contributed by atoms with van der Waals surface area (Å²) in [6.07, 6.45) is -5.10. The molecule has 0 bridgehead atoms. The molecule has 1 saturated heterocycles. The van der Waals surface area contributed by atoms with Crippen molar-refractivity contribution in [2.24, 2.45) is 5.10 Å². The van der Waals surface area contributed by atoms with Crippen molar-refractivity contribution in [1.29, 1.82) is 0 Å². The van der Waals surface area contributed by atoms with E-state index in [0.717, 1.165) is 24.3 Å². The summed E-state index contributed by atoms with van der Waals surface area (Å²) in [6, 6.07) is 7.41. The van der Waals surface area contributed by atoms with Crippen molar-refractivity contribution in [3.05, 3.63) is 70.8 Å². The van der Waals surface area contributed by atoms with E-state index in [4.69, 9.17) is 0 Å². The van der Waals surface area contributed by atoms with Crippen LogP contribution in [0, 0.1) is 11.6 Å². The summed E-state index contributed by atoms with van der Waals surface area (Å²) in [7, 11) is 1.72. The summed E-state index contributed by atoms with van der Waals surface area (Å²) in [5, 5.41) is 5.57. The maximum atomic E-state index is 14.5. The van der Waals surface area contributed by atoms with Crippen molar-refractivity contribution in [1.82, 2.24) is 9.91 Å². The van der Waals surface area contributed by atoms with Crippen LogP contribution in [0.15, 0.2) is 47.6 Å². The molecule has 2 aliphatic rings. The quantitative estimate of drug-likeness (QED) is 0.658. The normalized spacial score (nSPS) is 24.8. The molecule has 0 saturated carbocycles. The van der Waals surface area contributed by atoms with Gasteiger partial charge in [0.25, 0.3) is 0 Å². The number of hydrogen-bond donors (Lipinski definition) is 0. The van der Waals surface area contributed by atoms with E-state index in [-0.39, 0.29) is 17.9 Å². The summed E-state index contributed by atoms with van der Waals surface area (Å²) in [4.78, 5) is 14.6. The van der Waals surface area contributed by atoms with Crippen LogP contribution in [-0.2, 0) is 11.0 Å². The lowest BCUT2D eigenvalue weighted by Gasteiger charge is -2.43. The van der Waals surface area contributed by atoms with E-state index in [1.54, 1.807) is 18.9 Å². The zero-order valence-electron chi connectivity index (χ0n) is 16.1. The number of benzene rings is 2. The molecule has 1 amide bonds. The Morgan fingerprint density at radius 1 is 1.07 bits per heavy atom. The molecule has 0 aromatic heterocycles. The first-order valence-electron chi connectivity index (χ1n) is 9.29. The molecule has 3 unspecified atom stereocenters. The standard InChI is InChI=1S/C21H18F5N3O/c1-11-19(15-8-7-14(22)9-16(15)23)20-28(2)17(10-18(30)29(20)27-11)12-3-5-13(6-4-12)21(24,25)26/h3-9,17,19-20H,10H2,1-2H3. The van der Waals surface area contributed by atoms with Gasteiger partial charge >= 0.3 is 6.18 Å². The van der Waals surface area contributed by atoms with E-state index in [0.29, 0.717) is 11.3 Å². The smallest absolute Gasteiger partial charge is 0.276 e. The lowest BCUT2D eigenvalue weighted by molar-refractivity contribution is -0.146. The molecule has 0 aliphatic carbocycles. The number of likely N-dealkylation sites (N-methyl/N-ethyl adjacent to an activating group) is 1. The molecule has 158 valence electrons. The van der Waals surface area contributed by atoms with Gasteiger partial charge in [-0.05, 0) is 37.7 Å². The van der Waals surface area contributed by atoms with E-state index < -0.39 is 41.5 Å². The summed E-state index contributed by atoms with van der Waals surface area (Å²) >= 11 is 0. The number of carbonyl (C=O) groups excluding carboxylic acids is 1. The first kappa shape index (κ1) is 20.5. The number of carbonyl (C=O) groups is 1. The summed E-state index contributed by atoms with van der Waals surface area (Å²) in [5.74, 6) is -2.39. The van der Waals surface area contributed by atoms with Crippen LogP contribution in [0.4, 0.5) is 22.0 Å². The molecule has 1 fully saturated rings. The minimum atomic E-state index is -4.45. The molecule has 2 heterocycles. The van der Waals surface area contributed by atoms with Gasteiger partial charge in [-0.25, -0.2) is 13.8 Å². The van der Waals surface area contributed by atoms with E-state index in [2.05, 4.69) is 5.10 Å². The summed E-state index contributed by atoms with van der Waals surface area (Å²) < 4.78 is 66.5. The Hall–Kier alpha value is -2.81. The van der Waals surface area contributed by atoms with Crippen molar-refractivity contribution in [3.63, 3.8) is 0 Å². The molecule has 4 rings (SSSR count). The maximum Gasteiger partial charge on any atom is 0.416 e. The highest BCUT2D eigenvalue weighted by molar-refractivity contribution is 5.94. The third kappa shape index (κ3) is 3.36. The molecule has 0 radical (unpaired) electrons.